The van der Waals surface area contributed by atoms with Gasteiger partial charge in [-0.05, 0) is 58.3 Å². The Bertz CT molecular complexity index is 549. The third-order valence-corrected chi connectivity index (χ3v) is 6.68. The summed E-state index contributed by atoms with van der Waals surface area (Å²) in [5.41, 5.74) is -1.66. The van der Waals surface area contributed by atoms with Gasteiger partial charge in [-0.2, -0.15) is 0 Å². The molecule has 0 aliphatic heterocycles. The lowest BCUT2D eigenvalue weighted by Crippen LogP contribution is -2.53. The largest absolute Gasteiger partial charge is 0.390 e. The maximum absolute atomic E-state index is 12.6. The smallest absolute Gasteiger partial charge is 0.223 e. The topological polar surface area (TPSA) is 98.7 Å². The molecule has 2 aliphatic rings. The third kappa shape index (κ3) is 6.45. The first kappa shape index (κ1) is 23.1. The Kier molecular flexibility index (Phi) is 7.91. The Morgan fingerprint density at radius 2 is 1.71 bits per heavy atom. The second kappa shape index (κ2) is 9.57. The number of amides is 2. The summed E-state index contributed by atoms with van der Waals surface area (Å²) >= 11 is 0. The van der Waals surface area contributed by atoms with Crippen LogP contribution in [0.4, 0.5) is 0 Å². The Hall–Kier alpha value is -1.14. The summed E-state index contributed by atoms with van der Waals surface area (Å²) in [6, 6.07) is -0.181. The fraction of sp³-hybridized carbons (Fsp3) is 0.909. The average Bonchev–Trinajstić information content (AvgIpc) is 2.61. The number of hydrogen-bond acceptors (Lipinski definition) is 4. The molecule has 2 saturated carbocycles. The van der Waals surface area contributed by atoms with Crippen molar-refractivity contribution >= 4 is 11.8 Å². The zero-order valence-corrected chi connectivity index (χ0v) is 18.1. The molecule has 5 atom stereocenters. The van der Waals surface area contributed by atoms with Crippen molar-refractivity contribution < 1.29 is 19.8 Å². The molecule has 162 valence electrons. The number of aliphatic hydroxyl groups is 2. The molecule has 0 radical (unpaired) electrons. The lowest BCUT2D eigenvalue weighted by Gasteiger charge is -2.39. The van der Waals surface area contributed by atoms with Gasteiger partial charge in [0.1, 0.15) is 0 Å². The first-order valence-corrected chi connectivity index (χ1v) is 11.1. The summed E-state index contributed by atoms with van der Waals surface area (Å²) in [5.74, 6) is -0.291. The van der Waals surface area contributed by atoms with Gasteiger partial charge >= 0.3 is 0 Å². The van der Waals surface area contributed by atoms with Crippen LogP contribution in [0.15, 0.2) is 0 Å². The molecular weight excluding hydrogens is 356 g/mol. The Balaban J connectivity index is 1.82. The van der Waals surface area contributed by atoms with Gasteiger partial charge in [0, 0.05) is 17.9 Å². The number of hydrogen-bond donors (Lipinski definition) is 4. The molecule has 0 aromatic heterocycles. The van der Waals surface area contributed by atoms with Crippen molar-refractivity contribution in [3.8, 4) is 0 Å². The van der Waals surface area contributed by atoms with E-state index in [1.807, 2.05) is 20.8 Å². The standard InChI is InChI=1S/C22H40N2O4/c1-15(2)19(25)23-17-8-7-12-22(28,14-17)13-10-16(3)20(26)24-18-9-5-6-11-21(18,4)27/h15-18,27-28H,5-14H2,1-4H3,(H,23,25)(H,24,26)/t16?,17?,18-,21-,22?/m1/s1. The highest BCUT2D eigenvalue weighted by molar-refractivity contribution is 5.79. The molecule has 0 aromatic rings. The van der Waals surface area contributed by atoms with Crippen molar-refractivity contribution in [3.63, 3.8) is 0 Å². The number of carbonyl (C=O) groups excluding carboxylic acids is 2. The zero-order valence-electron chi connectivity index (χ0n) is 18.1. The predicted molar refractivity (Wildman–Crippen MR) is 110 cm³/mol. The Morgan fingerprint density at radius 3 is 2.36 bits per heavy atom. The number of nitrogens with one attached hydrogen (secondary N) is 2. The van der Waals surface area contributed by atoms with E-state index in [-0.39, 0.29) is 35.7 Å². The van der Waals surface area contributed by atoms with Gasteiger partial charge in [0.2, 0.25) is 11.8 Å². The monoisotopic (exact) mass is 396 g/mol. The lowest BCUT2D eigenvalue weighted by atomic mass is 9.77. The lowest BCUT2D eigenvalue weighted by molar-refractivity contribution is -0.129. The van der Waals surface area contributed by atoms with Crippen LogP contribution < -0.4 is 10.6 Å². The van der Waals surface area contributed by atoms with Gasteiger partial charge in [0.25, 0.3) is 0 Å². The highest BCUT2D eigenvalue weighted by Gasteiger charge is 2.38. The molecule has 2 rings (SSSR count). The Morgan fingerprint density at radius 1 is 1.00 bits per heavy atom. The first-order valence-electron chi connectivity index (χ1n) is 11.1. The van der Waals surface area contributed by atoms with Gasteiger partial charge < -0.3 is 20.8 Å². The normalized spacial score (nSPS) is 34.7. The van der Waals surface area contributed by atoms with E-state index < -0.39 is 11.2 Å². The van der Waals surface area contributed by atoms with E-state index in [9.17, 15) is 19.8 Å². The molecule has 3 unspecified atom stereocenters. The second-order valence-electron chi connectivity index (χ2n) is 9.78. The second-order valence-corrected chi connectivity index (χ2v) is 9.78. The third-order valence-electron chi connectivity index (χ3n) is 6.68. The van der Waals surface area contributed by atoms with Gasteiger partial charge in [0.05, 0.1) is 17.2 Å². The quantitative estimate of drug-likeness (QED) is 0.532. The van der Waals surface area contributed by atoms with Crippen molar-refractivity contribution in [1.82, 2.24) is 10.6 Å². The van der Waals surface area contributed by atoms with Crippen LogP contribution in [-0.4, -0.2) is 45.3 Å². The fourth-order valence-electron chi connectivity index (χ4n) is 4.53. The molecule has 0 aromatic carbocycles. The molecule has 0 heterocycles. The van der Waals surface area contributed by atoms with E-state index >= 15 is 0 Å². The van der Waals surface area contributed by atoms with Crippen molar-refractivity contribution in [2.75, 3.05) is 0 Å². The minimum atomic E-state index is -0.836. The molecular formula is C22H40N2O4. The van der Waals surface area contributed by atoms with E-state index in [0.29, 0.717) is 25.7 Å². The molecule has 28 heavy (non-hydrogen) atoms. The highest BCUT2D eigenvalue weighted by atomic mass is 16.3. The van der Waals surface area contributed by atoms with Crippen molar-refractivity contribution in [2.45, 2.75) is 115 Å². The van der Waals surface area contributed by atoms with Crippen LogP contribution in [0.25, 0.3) is 0 Å². The SMILES string of the molecule is CC(C)C(=O)NC1CCCC(O)(CCC(C)C(=O)N[C@@H]2CCCC[C@@]2(C)O)C1. The summed E-state index contributed by atoms with van der Waals surface area (Å²) in [4.78, 5) is 24.6. The average molecular weight is 397 g/mol. The van der Waals surface area contributed by atoms with Crippen molar-refractivity contribution in [2.24, 2.45) is 11.8 Å². The maximum Gasteiger partial charge on any atom is 0.223 e. The minimum absolute atomic E-state index is 0.00937. The number of rotatable bonds is 7. The van der Waals surface area contributed by atoms with Crippen LogP contribution in [0.1, 0.15) is 91.9 Å². The van der Waals surface area contributed by atoms with E-state index in [0.717, 1.165) is 38.5 Å². The van der Waals surface area contributed by atoms with E-state index in [2.05, 4.69) is 10.6 Å². The minimum Gasteiger partial charge on any atom is -0.390 e. The molecule has 2 fully saturated rings. The van der Waals surface area contributed by atoms with Crippen LogP contribution in [0, 0.1) is 11.8 Å². The van der Waals surface area contributed by atoms with Crippen LogP contribution in [0.3, 0.4) is 0 Å². The summed E-state index contributed by atoms with van der Waals surface area (Å²) in [5, 5.41) is 27.6. The van der Waals surface area contributed by atoms with Gasteiger partial charge in [-0.15, -0.1) is 0 Å². The summed E-state index contributed by atoms with van der Waals surface area (Å²) in [7, 11) is 0. The van der Waals surface area contributed by atoms with Crippen LogP contribution in [-0.2, 0) is 9.59 Å². The highest BCUT2D eigenvalue weighted by Crippen LogP contribution is 2.34. The molecule has 4 N–H and O–H groups in total. The first-order chi connectivity index (χ1) is 13.0. The van der Waals surface area contributed by atoms with Crippen LogP contribution in [0.5, 0.6) is 0 Å². The number of carbonyl (C=O) groups is 2. The van der Waals surface area contributed by atoms with E-state index in [1.54, 1.807) is 6.92 Å². The predicted octanol–water partition coefficient (Wildman–Crippen LogP) is 2.66. The summed E-state index contributed by atoms with van der Waals surface area (Å²) in [6.45, 7) is 7.43. The zero-order chi connectivity index (χ0) is 20.9. The van der Waals surface area contributed by atoms with Gasteiger partial charge in [-0.25, -0.2) is 0 Å². The Labute approximate surface area is 169 Å². The van der Waals surface area contributed by atoms with Gasteiger partial charge in [-0.3, -0.25) is 9.59 Å². The molecule has 2 amide bonds. The van der Waals surface area contributed by atoms with Crippen LogP contribution in [0.2, 0.25) is 0 Å². The van der Waals surface area contributed by atoms with Crippen LogP contribution >= 0.6 is 0 Å². The van der Waals surface area contributed by atoms with Crippen molar-refractivity contribution in [3.05, 3.63) is 0 Å². The van der Waals surface area contributed by atoms with E-state index in [1.165, 1.54) is 0 Å². The maximum atomic E-state index is 12.6. The molecule has 6 nitrogen and oxygen atoms in total. The molecule has 0 spiro atoms. The molecule has 0 bridgehead atoms. The van der Waals surface area contributed by atoms with Gasteiger partial charge in [-0.1, -0.05) is 33.6 Å². The molecule has 2 aliphatic carbocycles. The summed E-state index contributed by atoms with van der Waals surface area (Å²) < 4.78 is 0. The molecule has 6 heteroatoms. The van der Waals surface area contributed by atoms with E-state index in [4.69, 9.17) is 0 Å². The van der Waals surface area contributed by atoms with Crippen molar-refractivity contribution in [1.29, 1.82) is 0 Å². The molecule has 0 saturated heterocycles. The summed E-state index contributed by atoms with van der Waals surface area (Å²) in [6.07, 6.45) is 7.75. The fourth-order valence-corrected chi connectivity index (χ4v) is 4.53. The van der Waals surface area contributed by atoms with Gasteiger partial charge in [0.15, 0.2) is 0 Å².